The van der Waals surface area contributed by atoms with E-state index in [1.807, 2.05) is 34.6 Å². The number of benzene rings is 1. The Morgan fingerprint density at radius 2 is 2.16 bits per heavy atom. The average molecular weight is 275 g/mol. The van der Waals surface area contributed by atoms with Gasteiger partial charge in [-0.1, -0.05) is 11.8 Å². The smallest absolute Gasteiger partial charge is 0.251 e. The molecule has 0 saturated heterocycles. The molecule has 1 aromatic carbocycles. The van der Waals surface area contributed by atoms with Crippen LogP contribution in [0.4, 0.5) is 0 Å². The summed E-state index contributed by atoms with van der Waals surface area (Å²) in [6.45, 7) is 0. The van der Waals surface area contributed by atoms with Gasteiger partial charge in [-0.15, -0.1) is 0 Å². The minimum atomic E-state index is -0.344. The van der Waals surface area contributed by atoms with Crippen LogP contribution in [-0.4, -0.2) is 29.3 Å². The molecule has 1 amide bonds. The molecule has 2 aliphatic heterocycles. The van der Waals surface area contributed by atoms with Crippen molar-refractivity contribution in [2.24, 2.45) is 10.7 Å². The van der Waals surface area contributed by atoms with Gasteiger partial charge < -0.3 is 15.4 Å². The van der Waals surface area contributed by atoms with Gasteiger partial charge in [0.15, 0.2) is 5.17 Å². The van der Waals surface area contributed by atoms with Crippen molar-refractivity contribution < 1.29 is 9.53 Å². The maximum Gasteiger partial charge on any atom is 0.251 e. The van der Waals surface area contributed by atoms with Crippen LogP contribution < -0.4 is 10.5 Å². The molecular formula is C13H13N3O2S. The number of methoxy groups -OCH3 is 1. The van der Waals surface area contributed by atoms with Gasteiger partial charge in [0.25, 0.3) is 5.91 Å². The summed E-state index contributed by atoms with van der Waals surface area (Å²) in [5, 5.41) is 2.63. The molecule has 0 aliphatic carbocycles. The Hall–Kier alpha value is -1.79. The fourth-order valence-corrected chi connectivity index (χ4v) is 3.09. The highest BCUT2D eigenvalue weighted by atomic mass is 32.2. The number of fused-ring (bicyclic) bond motifs is 1. The second-order valence-electron chi connectivity index (χ2n) is 4.28. The van der Waals surface area contributed by atoms with E-state index >= 15 is 0 Å². The number of carbonyl (C=O) groups excluding carboxylic acids is 1. The fourth-order valence-electron chi connectivity index (χ4n) is 2.12. The van der Waals surface area contributed by atoms with Gasteiger partial charge in [0.2, 0.25) is 0 Å². The molecule has 2 heterocycles. The Labute approximate surface area is 115 Å². The van der Waals surface area contributed by atoms with Crippen LogP contribution in [0.25, 0.3) is 5.70 Å². The van der Waals surface area contributed by atoms with Crippen molar-refractivity contribution in [2.75, 3.05) is 7.11 Å². The van der Waals surface area contributed by atoms with Gasteiger partial charge in [0.05, 0.1) is 25.4 Å². The standard InChI is InChI=1S/C13H13N3O2S/c1-18-9-4-2-8(3-5-9)10-7-19-13-15-12(17)6-11(14)16(10)13/h2-5,7,11H,6,14H2,1H3. The van der Waals surface area contributed by atoms with Gasteiger partial charge in [-0.25, -0.2) is 0 Å². The van der Waals surface area contributed by atoms with Crippen LogP contribution in [0.2, 0.25) is 0 Å². The third-order valence-corrected chi connectivity index (χ3v) is 3.90. The second-order valence-corrected chi connectivity index (χ2v) is 5.12. The summed E-state index contributed by atoms with van der Waals surface area (Å²) in [6.07, 6.45) is -0.0965. The van der Waals surface area contributed by atoms with E-state index in [0.29, 0.717) is 5.17 Å². The molecule has 0 fully saturated rings. The van der Waals surface area contributed by atoms with Crippen molar-refractivity contribution in [3.63, 3.8) is 0 Å². The normalized spacial score (nSPS) is 21.9. The fraction of sp³-hybridized carbons (Fsp3) is 0.231. The van der Waals surface area contributed by atoms with Crippen LogP contribution in [0.5, 0.6) is 5.75 Å². The summed E-state index contributed by atoms with van der Waals surface area (Å²) in [7, 11) is 1.64. The monoisotopic (exact) mass is 275 g/mol. The summed E-state index contributed by atoms with van der Waals surface area (Å²) in [5.41, 5.74) is 8.05. The number of aliphatic imine (C=N–C) groups is 1. The number of hydrogen-bond acceptors (Lipinski definition) is 5. The molecule has 19 heavy (non-hydrogen) atoms. The maximum atomic E-state index is 11.4. The van der Waals surface area contributed by atoms with E-state index in [9.17, 15) is 4.79 Å². The van der Waals surface area contributed by atoms with Crippen LogP contribution in [-0.2, 0) is 4.79 Å². The van der Waals surface area contributed by atoms with Crippen molar-refractivity contribution in [1.82, 2.24) is 4.90 Å². The zero-order valence-corrected chi connectivity index (χ0v) is 11.2. The van der Waals surface area contributed by atoms with Gasteiger partial charge in [0.1, 0.15) is 5.75 Å². The number of carbonyl (C=O) groups is 1. The first-order valence-corrected chi connectivity index (χ1v) is 6.74. The van der Waals surface area contributed by atoms with Crippen molar-refractivity contribution >= 4 is 28.5 Å². The zero-order chi connectivity index (χ0) is 13.4. The molecule has 3 rings (SSSR count). The number of amides is 1. The molecule has 1 aromatic rings. The van der Waals surface area contributed by atoms with Crippen LogP contribution in [0.1, 0.15) is 12.0 Å². The van der Waals surface area contributed by atoms with Gasteiger partial charge in [-0.05, 0) is 29.8 Å². The summed E-state index contributed by atoms with van der Waals surface area (Å²) < 4.78 is 5.14. The summed E-state index contributed by atoms with van der Waals surface area (Å²) >= 11 is 1.43. The highest BCUT2D eigenvalue weighted by molar-refractivity contribution is 8.16. The molecule has 98 valence electrons. The lowest BCUT2D eigenvalue weighted by atomic mass is 10.1. The molecule has 0 saturated carbocycles. The first-order valence-electron chi connectivity index (χ1n) is 5.86. The van der Waals surface area contributed by atoms with E-state index in [1.54, 1.807) is 7.11 Å². The molecule has 2 N–H and O–H groups in total. The Morgan fingerprint density at radius 1 is 1.42 bits per heavy atom. The highest BCUT2D eigenvalue weighted by Crippen LogP contribution is 2.36. The first kappa shape index (κ1) is 12.3. The minimum Gasteiger partial charge on any atom is -0.497 e. The average Bonchev–Trinajstić information content (AvgIpc) is 2.83. The number of amidine groups is 1. The second kappa shape index (κ2) is 4.71. The Balaban J connectivity index is 1.93. The first-order chi connectivity index (χ1) is 9.19. The Kier molecular flexibility index (Phi) is 3.04. The quantitative estimate of drug-likeness (QED) is 0.888. The van der Waals surface area contributed by atoms with Crippen molar-refractivity contribution in [1.29, 1.82) is 0 Å². The molecule has 5 nitrogen and oxygen atoms in total. The highest BCUT2D eigenvalue weighted by Gasteiger charge is 2.34. The lowest BCUT2D eigenvalue weighted by Crippen LogP contribution is -2.46. The molecule has 2 aliphatic rings. The number of thioether (sulfide) groups is 1. The number of rotatable bonds is 2. The van der Waals surface area contributed by atoms with Gasteiger partial charge in [-0.3, -0.25) is 4.79 Å². The SMILES string of the molecule is COc1ccc(C2=CSC3=NC(=O)CC(N)N23)cc1. The van der Waals surface area contributed by atoms with E-state index in [1.165, 1.54) is 11.8 Å². The third kappa shape index (κ3) is 2.13. The number of nitrogens with zero attached hydrogens (tertiary/aromatic N) is 2. The third-order valence-electron chi connectivity index (χ3n) is 3.06. The largest absolute Gasteiger partial charge is 0.497 e. The predicted molar refractivity (Wildman–Crippen MR) is 75.4 cm³/mol. The van der Waals surface area contributed by atoms with E-state index < -0.39 is 0 Å². The van der Waals surface area contributed by atoms with Gasteiger partial charge in [0, 0.05) is 5.41 Å². The predicted octanol–water partition coefficient (Wildman–Crippen LogP) is 1.61. The number of hydrogen-bond donors (Lipinski definition) is 1. The van der Waals surface area contributed by atoms with Crippen LogP contribution >= 0.6 is 11.8 Å². The maximum absolute atomic E-state index is 11.4. The molecule has 6 heteroatoms. The van der Waals surface area contributed by atoms with Crippen molar-refractivity contribution in [3.8, 4) is 5.75 Å². The van der Waals surface area contributed by atoms with E-state index in [0.717, 1.165) is 17.0 Å². The molecule has 1 atom stereocenters. The summed E-state index contributed by atoms with van der Waals surface area (Å²) in [6, 6.07) is 7.74. The number of nitrogens with two attached hydrogens (primary N) is 1. The Bertz CT molecular complexity index is 580. The topological polar surface area (TPSA) is 67.9 Å². The minimum absolute atomic E-state index is 0.157. The molecular weight excluding hydrogens is 262 g/mol. The number of ether oxygens (including phenoxy) is 1. The molecule has 0 aromatic heterocycles. The van der Waals surface area contributed by atoms with Crippen LogP contribution in [0.3, 0.4) is 0 Å². The van der Waals surface area contributed by atoms with Crippen LogP contribution in [0.15, 0.2) is 34.7 Å². The molecule has 1 unspecified atom stereocenters. The lowest BCUT2D eigenvalue weighted by molar-refractivity contribution is -0.119. The molecule has 0 radical (unpaired) electrons. The summed E-state index contributed by atoms with van der Waals surface area (Å²) in [4.78, 5) is 17.3. The van der Waals surface area contributed by atoms with E-state index in [2.05, 4.69) is 4.99 Å². The van der Waals surface area contributed by atoms with Crippen molar-refractivity contribution in [2.45, 2.75) is 12.6 Å². The van der Waals surface area contributed by atoms with Gasteiger partial charge in [-0.2, -0.15) is 4.99 Å². The lowest BCUT2D eigenvalue weighted by Gasteiger charge is -2.30. The molecule has 0 bridgehead atoms. The molecule has 0 spiro atoms. The van der Waals surface area contributed by atoms with Crippen LogP contribution in [0, 0.1) is 0 Å². The van der Waals surface area contributed by atoms with Gasteiger partial charge >= 0.3 is 0 Å². The van der Waals surface area contributed by atoms with Crippen molar-refractivity contribution in [3.05, 3.63) is 35.2 Å². The van der Waals surface area contributed by atoms with E-state index in [-0.39, 0.29) is 18.5 Å². The summed E-state index contributed by atoms with van der Waals surface area (Å²) in [5.74, 6) is 0.651. The zero-order valence-electron chi connectivity index (χ0n) is 10.4. The Morgan fingerprint density at radius 3 is 2.84 bits per heavy atom. The van der Waals surface area contributed by atoms with E-state index in [4.69, 9.17) is 10.5 Å².